The molecule has 32 heavy (non-hydrogen) atoms. The Morgan fingerprint density at radius 3 is 2.66 bits per heavy atom. The minimum atomic E-state index is -0.534. The van der Waals surface area contributed by atoms with Crippen molar-refractivity contribution in [3.8, 4) is 5.82 Å². The molecule has 4 rings (SSSR count). The average molecular weight is 440 g/mol. The fourth-order valence-corrected chi connectivity index (χ4v) is 3.83. The van der Waals surface area contributed by atoms with Crippen molar-refractivity contribution in [3.63, 3.8) is 0 Å². The zero-order chi connectivity index (χ0) is 22.5. The Hall–Kier alpha value is -3.49. The van der Waals surface area contributed by atoms with Gasteiger partial charge in [-0.1, -0.05) is 12.1 Å². The molecule has 3 aromatic rings. The van der Waals surface area contributed by atoms with E-state index in [0.717, 1.165) is 23.6 Å². The van der Waals surface area contributed by atoms with Gasteiger partial charge in [-0.2, -0.15) is 0 Å². The summed E-state index contributed by atoms with van der Waals surface area (Å²) in [5.41, 5.74) is 1.02. The molecule has 0 radical (unpaired) electrons. The van der Waals surface area contributed by atoms with Crippen LogP contribution in [-0.2, 0) is 6.54 Å². The summed E-state index contributed by atoms with van der Waals surface area (Å²) in [7, 11) is 0. The number of nitrogens with zero attached hydrogens (tertiary/aromatic N) is 5. The third kappa shape index (κ3) is 4.87. The molecule has 0 saturated carbocycles. The van der Waals surface area contributed by atoms with Gasteiger partial charge in [-0.3, -0.25) is 4.57 Å². The normalized spacial score (nSPS) is 16.4. The third-order valence-corrected chi connectivity index (χ3v) is 5.43. The van der Waals surface area contributed by atoms with E-state index < -0.39 is 11.6 Å². The van der Waals surface area contributed by atoms with Crippen molar-refractivity contribution in [2.45, 2.75) is 32.9 Å². The van der Waals surface area contributed by atoms with Crippen LogP contribution in [0.1, 0.15) is 24.7 Å². The minimum Gasteiger partial charge on any atom is -0.365 e. The topological polar surface area (TPSA) is 70.4 Å². The molecule has 1 fully saturated rings. The standard InChI is InChI=1S/C23H27F2N7/c1-3-26-23(29-14-17-7-8-21(28-13-17)32-12-10-27-16(32)2)30-18-9-11-31(15-18)22-19(24)5-4-6-20(22)25/h4-8,10,12-13,18H,3,9,11,14-15H2,1-2H3,(H2,26,29,30). The molecule has 1 aliphatic heterocycles. The first-order valence-electron chi connectivity index (χ1n) is 10.7. The Balaban J connectivity index is 1.39. The number of anilines is 1. The highest BCUT2D eigenvalue weighted by atomic mass is 19.1. The van der Waals surface area contributed by atoms with Gasteiger partial charge < -0.3 is 15.5 Å². The first kappa shape index (κ1) is 21.7. The van der Waals surface area contributed by atoms with E-state index in [-0.39, 0.29) is 11.7 Å². The number of guanidine groups is 1. The van der Waals surface area contributed by atoms with E-state index in [0.29, 0.717) is 32.1 Å². The van der Waals surface area contributed by atoms with Crippen LogP contribution in [0.5, 0.6) is 0 Å². The molecule has 7 nitrogen and oxygen atoms in total. The minimum absolute atomic E-state index is 0.0384. The monoisotopic (exact) mass is 439 g/mol. The lowest BCUT2D eigenvalue weighted by Crippen LogP contribution is -2.44. The highest BCUT2D eigenvalue weighted by molar-refractivity contribution is 5.80. The number of hydrogen-bond acceptors (Lipinski definition) is 4. The summed E-state index contributed by atoms with van der Waals surface area (Å²) < 4.78 is 30.1. The first-order valence-corrected chi connectivity index (χ1v) is 10.7. The summed E-state index contributed by atoms with van der Waals surface area (Å²) in [6.45, 7) is 6.18. The molecule has 0 bridgehead atoms. The third-order valence-electron chi connectivity index (χ3n) is 5.43. The number of halogens is 2. The summed E-state index contributed by atoms with van der Waals surface area (Å²) in [6, 6.07) is 7.94. The highest BCUT2D eigenvalue weighted by Gasteiger charge is 2.27. The van der Waals surface area contributed by atoms with Gasteiger partial charge >= 0.3 is 0 Å². The van der Waals surface area contributed by atoms with Gasteiger partial charge in [0.2, 0.25) is 0 Å². The molecule has 1 atom stereocenters. The van der Waals surface area contributed by atoms with Crippen LogP contribution in [-0.4, -0.2) is 46.2 Å². The first-order chi connectivity index (χ1) is 15.5. The Morgan fingerprint density at radius 1 is 1.19 bits per heavy atom. The number of nitrogens with one attached hydrogen (secondary N) is 2. The number of benzene rings is 1. The van der Waals surface area contributed by atoms with E-state index in [2.05, 4.69) is 25.6 Å². The summed E-state index contributed by atoms with van der Waals surface area (Å²) in [6.07, 6.45) is 6.19. The lowest BCUT2D eigenvalue weighted by Gasteiger charge is -2.21. The zero-order valence-corrected chi connectivity index (χ0v) is 18.2. The van der Waals surface area contributed by atoms with E-state index in [4.69, 9.17) is 0 Å². The smallest absolute Gasteiger partial charge is 0.191 e. The van der Waals surface area contributed by atoms with E-state index >= 15 is 0 Å². The number of aliphatic imine (C=N–C) groups is 1. The van der Waals surface area contributed by atoms with Crippen LogP contribution in [0.3, 0.4) is 0 Å². The van der Waals surface area contributed by atoms with Crippen molar-refractivity contribution in [1.29, 1.82) is 0 Å². The van der Waals surface area contributed by atoms with Gasteiger partial charge in [-0.25, -0.2) is 23.7 Å². The molecule has 2 aromatic heterocycles. The molecule has 0 aliphatic carbocycles. The highest BCUT2D eigenvalue weighted by Crippen LogP contribution is 2.26. The molecule has 1 aromatic carbocycles. The lowest BCUT2D eigenvalue weighted by atomic mass is 10.2. The molecule has 1 aliphatic rings. The molecule has 1 saturated heterocycles. The molecule has 0 spiro atoms. The van der Waals surface area contributed by atoms with Crippen LogP contribution in [0.25, 0.3) is 5.82 Å². The Kier molecular flexibility index (Phi) is 6.63. The van der Waals surface area contributed by atoms with Gasteiger partial charge in [0.05, 0.1) is 6.54 Å². The predicted molar refractivity (Wildman–Crippen MR) is 121 cm³/mol. The second kappa shape index (κ2) is 9.76. The largest absolute Gasteiger partial charge is 0.365 e. The second-order valence-corrected chi connectivity index (χ2v) is 7.71. The van der Waals surface area contributed by atoms with E-state index in [9.17, 15) is 8.78 Å². The number of pyridine rings is 1. The Bertz CT molecular complexity index is 1060. The van der Waals surface area contributed by atoms with Crippen molar-refractivity contribution in [1.82, 2.24) is 25.2 Å². The number of aromatic nitrogens is 3. The number of aryl methyl sites for hydroxylation is 1. The van der Waals surface area contributed by atoms with Crippen LogP contribution in [0.15, 0.2) is 53.9 Å². The lowest BCUT2D eigenvalue weighted by molar-refractivity contribution is 0.576. The van der Waals surface area contributed by atoms with Crippen molar-refractivity contribution in [3.05, 3.63) is 71.9 Å². The van der Waals surface area contributed by atoms with Crippen molar-refractivity contribution < 1.29 is 8.78 Å². The van der Waals surface area contributed by atoms with Crippen molar-refractivity contribution in [2.24, 2.45) is 4.99 Å². The summed E-state index contributed by atoms with van der Waals surface area (Å²) in [4.78, 5) is 15.1. The van der Waals surface area contributed by atoms with Crippen LogP contribution in [0.4, 0.5) is 14.5 Å². The number of rotatable bonds is 6. The van der Waals surface area contributed by atoms with Crippen molar-refractivity contribution in [2.75, 3.05) is 24.5 Å². The Morgan fingerprint density at radius 2 is 2.00 bits per heavy atom. The molecule has 1 unspecified atom stereocenters. The summed E-state index contributed by atoms with van der Waals surface area (Å²) in [5.74, 6) is 1.29. The zero-order valence-electron chi connectivity index (χ0n) is 18.2. The van der Waals surface area contributed by atoms with Gasteiger partial charge in [-0.05, 0) is 44.0 Å². The van der Waals surface area contributed by atoms with E-state index in [1.165, 1.54) is 18.2 Å². The summed E-state index contributed by atoms with van der Waals surface area (Å²) in [5, 5.41) is 6.62. The molecule has 3 heterocycles. The number of hydrogen-bond donors (Lipinski definition) is 2. The molecular weight excluding hydrogens is 412 g/mol. The SMILES string of the molecule is CCNC(=NCc1ccc(-n2ccnc2C)nc1)NC1CCN(c2c(F)cccc2F)C1. The van der Waals surface area contributed by atoms with Crippen LogP contribution in [0.2, 0.25) is 0 Å². The van der Waals surface area contributed by atoms with Crippen LogP contribution < -0.4 is 15.5 Å². The maximum atomic E-state index is 14.1. The average Bonchev–Trinajstić information content (AvgIpc) is 3.41. The molecule has 2 N–H and O–H groups in total. The van der Waals surface area contributed by atoms with E-state index in [1.807, 2.05) is 36.7 Å². The second-order valence-electron chi connectivity index (χ2n) is 7.71. The van der Waals surface area contributed by atoms with E-state index in [1.54, 1.807) is 17.3 Å². The molecular formula is C23H27F2N7. The van der Waals surface area contributed by atoms with Gasteiger partial charge in [0.15, 0.2) is 5.96 Å². The maximum absolute atomic E-state index is 14.1. The molecule has 168 valence electrons. The maximum Gasteiger partial charge on any atom is 0.191 e. The quantitative estimate of drug-likeness (QED) is 0.456. The number of imidazole rings is 1. The number of para-hydroxylation sites is 1. The fourth-order valence-electron chi connectivity index (χ4n) is 3.83. The van der Waals surface area contributed by atoms with Gasteiger partial charge in [-0.15, -0.1) is 0 Å². The van der Waals surface area contributed by atoms with Crippen molar-refractivity contribution >= 4 is 11.6 Å². The van der Waals surface area contributed by atoms with Gasteiger partial charge in [0.25, 0.3) is 0 Å². The summed E-state index contributed by atoms with van der Waals surface area (Å²) >= 11 is 0. The Labute approximate surface area is 186 Å². The predicted octanol–water partition coefficient (Wildman–Crippen LogP) is 3.19. The molecule has 9 heteroatoms. The van der Waals surface area contributed by atoms with Gasteiger partial charge in [0, 0.05) is 44.3 Å². The van der Waals surface area contributed by atoms with Crippen LogP contribution >= 0.6 is 0 Å². The molecule has 0 amide bonds. The fraction of sp³-hybridized carbons (Fsp3) is 0.348. The van der Waals surface area contributed by atoms with Crippen LogP contribution in [0, 0.1) is 18.6 Å². The van der Waals surface area contributed by atoms with Gasteiger partial charge in [0.1, 0.15) is 29.0 Å².